The van der Waals surface area contributed by atoms with Crippen molar-refractivity contribution in [2.45, 2.75) is 45.1 Å². The van der Waals surface area contributed by atoms with Crippen LogP contribution in [0.2, 0.25) is 10.0 Å². The molecule has 2 aliphatic rings. The summed E-state index contributed by atoms with van der Waals surface area (Å²) in [7, 11) is 0. The number of unbranched alkanes of at least 4 members (excludes halogenated alkanes) is 2. The van der Waals surface area contributed by atoms with Gasteiger partial charge in [-0.2, -0.15) is 0 Å². The van der Waals surface area contributed by atoms with E-state index in [1.165, 1.54) is 52.1 Å². The average molecular weight is 534 g/mol. The highest BCUT2D eigenvalue weighted by Gasteiger charge is 2.31. The zero-order chi connectivity index (χ0) is 25.6. The molecule has 2 heterocycles. The van der Waals surface area contributed by atoms with Crippen molar-refractivity contribution in [3.05, 3.63) is 70.2 Å². The van der Waals surface area contributed by atoms with Gasteiger partial charge in [0.1, 0.15) is 0 Å². The topological polar surface area (TPSA) is 38.8 Å². The predicted molar refractivity (Wildman–Crippen MR) is 152 cm³/mol. The highest BCUT2D eigenvalue weighted by Crippen LogP contribution is 2.19. The summed E-state index contributed by atoms with van der Waals surface area (Å²) in [5.41, 5.74) is 0.816. The summed E-state index contributed by atoms with van der Waals surface area (Å²) in [5, 5.41) is 4.70. The lowest BCUT2D eigenvalue weighted by atomic mass is 10.1. The number of carbonyl (C=O) groups is 1. The molecule has 4 rings (SSSR count). The van der Waals surface area contributed by atoms with Gasteiger partial charge in [-0.05, 0) is 69.6 Å². The third kappa shape index (κ3) is 9.68. The Labute approximate surface area is 227 Å². The van der Waals surface area contributed by atoms with Gasteiger partial charge in [-0.15, -0.1) is 0 Å². The molecule has 36 heavy (non-hydrogen) atoms. The van der Waals surface area contributed by atoms with Crippen LogP contribution in [0.25, 0.3) is 0 Å². The maximum Gasteiger partial charge on any atom is 0.253 e. The predicted octanol–water partition coefficient (Wildman–Crippen LogP) is 5.68. The van der Waals surface area contributed by atoms with Crippen LogP contribution in [0.3, 0.4) is 0 Å². The summed E-state index contributed by atoms with van der Waals surface area (Å²) >= 11 is 11.2. The highest BCUT2D eigenvalue weighted by atomic mass is 35.5. The molecule has 0 saturated carbocycles. The average Bonchev–Trinajstić information content (AvgIpc) is 3.16. The standard InChI is InChI=1S/C23H38N4O.C6H4Cl2/c1-2-3-15-27(23(28)21-10-5-4-6-11-21)16-8-7-14-25-19-22(20-25)26-17-9-12-24-13-18-26;7-5-3-1-2-4-6(5)8/h4-6,10-11,22,24H,2-3,7-9,12-20H2,1H3;1-4H. The third-order valence-electron chi connectivity index (χ3n) is 6.90. The molecule has 2 fully saturated rings. The van der Waals surface area contributed by atoms with Crippen molar-refractivity contribution < 1.29 is 4.79 Å². The molecular formula is C29H42Cl2N4O. The molecule has 2 aromatic rings. The molecule has 198 valence electrons. The van der Waals surface area contributed by atoms with Crippen LogP contribution < -0.4 is 5.32 Å². The van der Waals surface area contributed by atoms with Crippen molar-refractivity contribution in [1.29, 1.82) is 0 Å². The second kappa shape index (κ2) is 16.3. The first-order valence-corrected chi connectivity index (χ1v) is 14.3. The number of amides is 1. The van der Waals surface area contributed by atoms with Crippen LogP contribution in [0.1, 0.15) is 49.4 Å². The van der Waals surface area contributed by atoms with E-state index in [1.807, 2.05) is 42.5 Å². The van der Waals surface area contributed by atoms with E-state index in [0.29, 0.717) is 10.0 Å². The lowest BCUT2D eigenvalue weighted by Gasteiger charge is -2.45. The fourth-order valence-corrected chi connectivity index (χ4v) is 4.96. The van der Waals surface area contributed by atoms with Gasteiger partial charge in [-0.25, -0.2) is 0 Å². The number of carbonyl (C=O) groups excluding carboxylic acids is 1. The lowest BCUT2D eigenvalue weighted by Crippen LogP contribution is -2.59. The first-order chi connectivity index (χ1) is 17.6. The van der Waals surface area contributed by atoms with Gasteiger partial charge in [0.05, 0.1) is 10.0 Å². The monoisotopic (exact) mass is 532 g/mol. The zero-order valence-electron chi connectivity index (χ0n) is 21.7. The number of hydrogen-bond acceptors (Lipinski definition) is 4. The molecule has 0 radical (unpaired) electrons. The Kier molecular flexibility index (Phi) is 13.1. The fraction of sp³-hybridized carbons (Fsp3) is 0.552. The van der Waals surface area contributed by atoms with Crippen LogP contribution >= 0.6 is 23.2 Å². The molecule has 0 bridgehead atoms. The van der Waals surface area contributed by atoms with Crippen LogP contribution in [0.4, 0.5) is 0 Å². The van der Waals surface area contributed by atoms with Gasteiger partial charge in [0.25, 0.3) is 5.91 Å². The minimum Gasteiger partial charge on any atom is -0.339 e. The SMILES string of the molecule is CCCCN(CCCCN1CC(N2CCCNCC2)C1)C(=O)c1ccccc1.Clc1ccccc1Cl. The number of likely N-dealkylation sites (tertiary alicyclic amines) is 1. The molecule has 7 heteroatoms. The molecule has 1 amide bonds. The molecule has 0 aliphatic carbocycles. The van der Waals surface area contributed by atoms with Crippen LogP contribution in [0.5, 0.6) is 0 Å². The molecule has 0 unspecified atom stereocenters. The Hall–Kier alpha value is -1.63. The van der Waals surface area contributed by atoms with Crippen LogP contribution in [0, 0.1) is 0 Å². The Morgan fingerprint density at radius 3 is 2.25 bits per heavy atom. The zero-order valence-corrected chi connectivity index (χ0v) is 23.2. The molecule has 0 spiro atoms. The van der Waals surface area contributed by atoms with Gasteiger partial charge in [0.15, 0.2) is 0 Å². The minimum absolute atomic E-state index is 0.188. The van der Waals surface area contributed by atoms with Crippen LogP contribution in [-0.2, 0) is 0 Å². The normalized spacial score (nSPS) is 17.0. The molecule has 2 saturated heterocycles. The van der Waals surface area contributed by atoms with E-state index in [-0.39, 0.29) is 5.91 Å². The van der Waals surface area contributed by atoms with E-state index < -0.39 is 0 Å². The Bertz CT molecular complexity index is 863. The maximum absolute atomic E-state index is 12.8. The minimum atomic E-state index is 0.188. The molecule has 5 nitrogen and oxygen atoms in total. The summed E-state index contributed by atoms with van der Waals surface area (Å²) < 4.78 is 0. The summed E-state index contributed by atoms with van der Waals surface area (Å²) in [6.07, 6.45) is 5.76. The van der Waals surface area contributed by atoms with Crippen molar-refractivity contribution in [2.75, 3.05) is 58.9 Å². The highest BCUT2D eigenvalue weighted by molar-refractivity contribution is 6.41. The lowest BCUT2D eigenvalue weighted by molar-refractivity contribution is 0.0361. The van der Waals surface area contributed by atoms with Gasteiger partial charge < -0.3 is 15.1 Å². The second-order valence-corrected chi connectivity index (χ2v) is 10.5. The van der Waals surface area contributed by atoms with Crippen molar-refractivity contribution in [3.63, 3.8) is 0 Å². The number of nitrogens with one attached hydrogen (secondary N) is 1. The fourth-order valence-electron chi connectivity index (χ4n) is 4.69. The molecule has 0 aromatic heterocycles. The number of benzene rings is 2. The van der Waals surface area contributed by atoms with E-state index in [1.54, 1.807) is 12.1 Å². The van der Waals surface area contributed by atoms with E-state index >= 15 is 0 Å². The molecular weight excluding hydrogens is 491 g/mol. The smallest absolute Gasteiger partial charge is 0.253 e. The molecule has 2 aliphatic heterocycles. The van der Waals surface area contributed by atoms with Gasteiger partial charge >= 0.3 is 0 Å². The maximum atomic E-state index is 12.8. The third-order valence-corrected chi connectivity index (χ3v) is 7.65. The van der Waals surface area contributed by atoms with Crippen LogP contribution in [0.15, 0.2) is 54.6 Å². The molecule has 0 atom stereocenters. The van der Waals surface area contributed by atoms with E-state index in [9.17, 15) is 4.79 Å². The van der Waals surface area contributed by atoms with Gasteiger partial charge in [0, 0.05) is 50.9 Å². The van der Waals surface area contributed by atoms with Crippen molar-refractivity contribution in [3.8, 4) is 0 Å². The van der Waals surface area contributed by atoms with Crippen LogP contribution in [-0.4, -0.2) is 85.6 Å². The second-order valence-electron chi connectivity index (χ2n) is 9.69. The molecule has 1 N–H and O–H groups in total. The summed E-state index contributed by atoms with van der Waals surface area (Å²) in [6, 6.07) is 17.7. The quantitative estimate of drug-likeness (QED) is 0.399. The van der Waals surface area contributed by atoms with Crippen molar-refractivity contribution in [2.24, 2.45) is 0 Å². The Balaban J connectivity index is 0.000000383. The van der Waals surface area contributed by atoms with Gasteiger partial charge in [0.2, 0.25) is 0 Å². The van der Waals surface area contributed by atoms with E-state index in [4.69, 9.17) is 23.2 Å². The van der Waals surface area contributed by atoms with Gasteiger partial charge in [-0.3, -0.25) is 9.69 Å². The summed E-state index contributed by atoms with van der Waals surface area (Å²) in [4.78, 5) is 20.1. The van der Waals surface area contributed by atoms with Gasteiger partial charge in [-0.1, -0.05) is 66.9 Å². The Morgan fingerprint density at radius 1 is 0.917 bits per heavy atom. The number of nitrogens with zero attached hydrogens (tertiary/aromatic N) is 3. The number of hydrogen-bond donors (Lipinski definition) is 1. The summed E-state index contributed by atoms with van der Waals surface area (Å²) in [6.45, 7) is 12.3. The molecule has 2 aromatic carbocycles. The van der Waals surface area contributed by atoms with E-state index in [0.717, 1.165) is 50.5 Å². The van der Waals surface area contributed by atoms with E-state index in [2.05, 4.69) is 26.9 Å². The largest absolute Gasteiger partial charge is 0.339 e. The number of rotatable bonds is 10. The van der Waals surface area contributed by atoms with Crippen molar-refractivity contribution >= 4 is 29.1 Å². The Morgan fingerprint density at radius 2 is 1.58 bits per heavy atom. The number of halogens is 2. The first-order valence-electron chi connectivity index (χ1n) is 13.5. The first kappa shape index (κ1) is 28.9. The summed E-state index contributed by atoms with van der Waals surface area (Å²) in [5.74, 6) is 0.188. The van der Waals surface area contributed by atoms with Crippen molar-refractivity contribution in [1.82, 2.24) is 20.0 Å².